The van der Waals surface area contributed by atoms with Gasteiger partial charge in [-0.15, -0.1) is 0 Å². The molecule has 0 unspecified atom stereocenters. The molecule has 1 aromatic carbocycles. The molecule has 0 spiro atoms. The fraction of sp³-hybridized carbons (Fsp3) is 0.588. The van der Waals surface area contributed by atoms with Crippen molar-refractivity contribution in [2.24, 2.45) is 0 Å². The number of phenols is 1. The molecule has 2 N–H and O–H groups in total. The van der Waals surface area contributed by atoms with Crippen LogP contribution >= 0.6 is 0 Å². The Bertz CT molecular complexity index is 506. The number of carbonyl (C=O) groups excluding carboxylic acids is 1. The van der Waals surface area contributed by atoms with Crippen LogP contribution < -0.4 is 9.80 Å². The number of para-hydroxylation sites is 2. The summed E-state index contributed by atoms with van der Waals surface area (Å²) in [5.41, 5.74) is 0.906. The molecule has 1 aromatic rings. The first kappa shape index (κ1) is 15.2. The molecular weight excluding hydrogens is 278 g/mol. The molecule has 5 heteroatoms. The van der Waals surface area contributed by atoms with E-state index < -0.39 is 0 Å². The summed E-state index contributed by atoms with van der Waals surface area (Å²) in [6, 6.07) is 7.49. The van der Waals surface area contributed by atoms with E-state index >= 15 is 0 Å². The zero-order valence-electron chi connectivity index (χ0n) is 13.1. The number of amides is 1. The van der Waals surface area contributed by atoms with Crippen molar-refractivity contribution in [1.29, 1.82) is 0 Å². The maximum absolute atomic E-state index is 12.3. The number of phenolic OH excluding ortho intramolecular Hbond substituents is 1. The topological polar surface area (TPSA) is 48.2 Å². The number of aromatic hydroxyl groups is 1. The normalized spacial score (nSPS) is 20.2. The minimum absolute atomic E-state index is 0.311. The lowest BCUT2D eigenvalue weighted by Crippen LogP contribution is -3.15. The molecule has 0 aliphatic carbocycles. The van der Waals surface area contributed by atoms with Gasteiger partial charge >= 0.3 is 0 Å². The lowest BCUT2D eigenvalue weighted by molar-refractivity contribution is -0.892. The number of likely N-dealkylation sites (tertiary alicyclic amines) is 1. The van der Waals surface area contributed by atoms with Crippen molar-refractivity contribution in [2.75, 3.05) is 50.7 Å². The minimum atomic E-state index is 0.311. The number of hydrogen-bond acceptors (Lipinski definition) is 3. The Balaban J connectivity index is 1.49. The lowest BCUT2D eigenvalue weighted by Gasteiger charge is -2.35. The number of nitrogens with one attached hydrogen (secondary N) is 1. The highest BCUT2D eigenvalue weighted by molar-refractivity contribution is 5.77. The van der Waals surface area contributed by atoms with Crippen molar-refractivity contribution in [3.05, 3.63) is 24.3 Å². The van der Waals surface area contributed by atoms with Gasteiger partial charge in [0.2, 0.25) is 0 Å². The molecule has 22 heavy (non-hydrogen) atoms. The summed E-state index contributed by atoms with van der Waals surface area (Å²) >= 11 is 0. The molecule has 0 radical (unpaired) electrons. The quantitative estimate of drug-likeness (QED) is 0.833. The number of nitrogens with zero attached hydrogens (tertiary/aromatic N) is 2. The SMILES string of the molecule is O=C(C[NH+]1CCN(c2ccccc2O)CC1)N1CCCCC1. The highest BCUT2D eigenvalue weighted by atomic mass is 16.3. The number of carbonyl (C=O) groups is 1. The lowest BCUT2D eigenvalue weighted by atomic mass is 10.1. The van der Waals surface area contributed by atoms with E-state index in [4.69, 9.17) is 0 Å². The van der Waals surface area contributed by atoms with Crippen LogP contribution in [-0.4, -0.2) is 61.7 Å². The van der Waals surface area contributed by atoms with E-state index in [2.05, 4.69) is 4.90 Å². The second-order valence-corrected chi connectivity index (χ2v) is 6.34. The molecule has 120 valence electrons. The Hall–Kier alpha value is -1.75. The van der Waals surface area contributed by atoms with E-state index in [1.807, 2.05) is 23.1 Å². The Kier molecular flexibility index (Phi) is 4.83. The summed E-state index contributed by atoms with van der Waals surface area (Å²) in [7, 11) is 0. The van der Waals surface area contributed by atoms with Crippen molar-refractivity contribution in [3.8, 4) is 5.75 Å². The van der Waals surface area contributed by atoms with Gasteiger partial charge in [-0.2, -0.15) is 0 Å². The van der Waals surface area contributed by atoms with E-state index in [9.17, 15) is 9.90 Å². The molecule has 2 heterocycles. The summed E-state index contributed by atoms with van der Waals surface area (Å²) in [5.74, 6) is 0.654. The van der Waals surface area contributed by atoms with Gasteiger partial charge in [0.1, 0.15) is 5.75 Å². The molecule has 0 aromatic heterocycles. The average molecular weight is 304 g/mol. The first-order valence-corrected chi connectivity index (χ1v) is 8.38. The number of piperazine rings is 1. The van der Waals surface area contributed by atoms with E-state index in [1.54, 1.807) is 6.07 Å². The third kappa shape index (κ3) is 3.53. The van der Waals surface area contributed by atoms with Crippen LogP contribution in [0.3, 0.4) is 0 Å². The monoisotopic (exact) mass is 304 g/mol. The number of quaternary nitrogens is 1. The van der Waals surface area contributed by atoms with Crippen LogP contribution in [0, 0.1) is 0 Å². The largest absolute Gasteiger partial charge is 0.506 e. The molecular formula is C17H26N3O2+. The molecule has 0 bridgehead atoms. The van der Waals surface area contributed by atoms with Crippen LogP contribution in [0.25, 0.3) is 0 Å². The molecule has 0 saturated carbocycles. The zero-order chi connectivity index (χ0) is 15.4. The number of piperidine rings is 1. The van der Waals surface area contributed by atoms with Gasteiger partial charge in [-0.25, -0.2) is 0 Å². The van der Waals surface area contributed by atoms with Crippen molar-refractivity contribution in [1.82, 2.24) is 4.90 Å². The van der Waals surface area contributed by atoms with Crippen molar-refractivity contribution < 1.29 is 14.8 Å². The molecule has 1 amide bonds. The van der Waals surface area contributed by atoms with Gasteiger partial charge in [-0.3, -0.25) is 4.79 Å². The third-order valence-corrected chi connectivity index (χ3v) is 4.80. The van der Waals surface area contributed by atoms with Crippen molar-refractivity contribution in [2.45, 2.75) is 19.3 Å². The molecule has 2 fully saturated rings. The predicted octanol–water partition coefficient (Wildman–Crippen LogP) is 0.110. The van der Waals surface area contributed by atoms with Gasteiger partial charge in [0, 0.05) is 13.1 Å². The molecule has 5 nitrogen and oxygen atoms in total. The standard InChI is InChI=1S/C17H25N3O2/c21-16-7-3-2-6-15(16)19-12-10-18(11-13-19)14-17(22)20-8-4-1-5-9-20/h2-3,6-7,21H,1,4-5,8-14H2/p+1. The van der Waals surface area contributed by atoms with Crippen molar-refractivity contribution in [3.63, 3.8) is 0 Å². The molecule has 3 rings (SSSR count). The maximum atomic E-state index is 12.3. The van der Waals surface area contributed by atoms with Gasteiger partial charge in [-0.1, -0.05) is 12.1 Å². The molecule has 2 aliphatic rings. The molecule has 2 saturated heterocycles. The zero-order valence-corrected chi connectivity index (χ0v) is 13.1. The number of anilines is 1. The van der Waals surface area contributed by atoms with Crippen LogP contribution in [0.5, 0.6) is 5.75 Å². The van der Waals surface area contributed by atoms with E-state index in [0.717, 1.165) is 57.8 Å². The highest BCUT2D eigenvalue weighted by Gasteiger charge is 2.26. The number of benzene rings is 1. The van der Waals surface area contributed by atoms with Crippen LogP contribution in [0.2, 0.25) is 0 Å². The average Bonchev–Trinajstić information content (AvgIpc) is 2.57. The molecule has 0 atom stereocenters. The van der Waals surface area contributed by atoms with Crippen LogP contribution in [0.4, 0.5) is 5.69 Å². The first-order valence-electron chi connectivity index (χ1n) is 8.38. The third-order valence-electron chi connectivity index (χ3n) is 4.80. The van der Waals surface area contributed by atoms with E-state index in [0.29, 0.717) is 18.2 Å². The molecule has 2 aliphatic heterocycles. The summed E-state index contributed by atoms with van der Waals surface area (Å²) in [5, 5.41) is 9.94. The Morgan fingerprint density at radius 2 is 1.73 bits per heavy atom. The maximum Gasteiger partial charge on any atom is 0.277 e. The second kappa shape index (κ2) is 7.01. The first-order chi connectivity index (χ1) is 10.7. The van der Waals surface area contributed by atoms with Crippen LogP contribution in [-0.2, 0) is 4.79 Å². The van der Waals surface area contributed by atoms with Gasteiger partial charge in [0.05, 0.1) is 31.9 Å². The minimum Gasteiger partial charge on any atom is -0.506 e. The Labute approximate surface area is 132 Å². The van der Waals surface area contributed by atoms with Crippen molar-refractivity contribution >= 4 is 11.6 Å². The Morgan fingerprint density at radius 1 is 1.05 bits per heavy atom. The summed E-state index contributed by atoms with van der Waals surface area (Å²) in [6.07, 6.45) is 3.57. The smallest absolute Gasteiger partial charge is 0.277 e. The summed E-state index contributed by atoms with van der Waals surface area (Å²) in [6.45, 7) is 6.18. The van der Waals surface area contributed by atoms with Gasteiger partial charge < -0.3 is 19.8 Å². The second-order valence-electron chi connectivity index (χ2n) is 6.34. The van der Waals surface area contributed by atoms with Gasteiger partial charge in [0.15, 0.2) is 6.54 Å². The fourth-order valence-corrected chi connectivity index (χ4v) is 3.44. The predicted molar refractivity (Wildman–Crippen MR) is 86.3 cm³/mol. The Morgan fingerprint density at radius 3 is 2.41 bits per heavy atom. The number of hydrogen-bond donors (Lipinski definition) is 2. The van der Waals surface area contributed by atoms with E-state index in [-0.39, 0.29) is 0 Å². The highest BCUT2D eigenvalue weighted by Crippen LogP contribution is 2.25. The van der Waals surface area contributed by atoms with E-state index in [1.165, 1.54) is 11.3 Å². The summed E-state index contributed by atoms with van der Waals surface area (Å²) < 4.78 is 0. The summed E-state index contributed by atoms with van der Waals surface area (Å²) in [4.78, 5) is 17.9. The fourth-order valence-electron chi connectivity index (χ4n) is 3.44. The van der Waals surface area contributed by atoms with Crippen LogP contribution in [0.1, 0.15) is 19.3 Å². The van der Waals surface area contributed by atoms with Crippen LogP contribution in [0.15, 0.2) is 24.3 Å². The van der Waals surface area contributed by atoms with Gasteiger partial charge in [0.25, 0.3) is 5.91 Å². The van der Waals surface area contributed by atoms with Gasteiger partial charge in [-0.05, 0) is 31.4 Å². The number of rotatable bonds is 3.